The van der Waals surface area contributed by atoms with Gasteiger partial charge in [0.05, 0.1) is 68.8 Å². The van der Waals surface area contributed by atoms with E-state index in [1.807, 2.05) is 146 Å². The van der Waals surface area contributed by atoms with Crippen molar-refractivity contribution in [1.29, 1.82) is 0 Å². The molecule has 424 valence electrons. The van der Waals surface area contributed by atoms with Crippen LogP contribution in [-0.4, -0.2) is 75.8 Å². The van der Waals surface area contributed by atoms with Crippen LogP contribution < -0.4 is 9.47 Å². The molecule has 2 aromatic heterocycles. The van der Waals surface area contributed by atoms with E-state index in [9.17, 15) is 20.2 Å². The predicted molar refractivity (Wildman–Crippen MR) is 328 cm³/mol. The van der Waals surface area contributed by atoms with Gasteiger partial charge >= 0.3 is 0 Å². The number of nitro groups is 2. The average Bonchev–Trinajstić information content (AvgIpc) is 1.49. The summed E-state index contributed by atoms with van der Waals surface area (Å²) < 4.78 is 13.6. The number of fused-ring (bicyclic) bond motifs is 26. The van der Waals surface area contributed by atoms with E-state index in [0.717, 1.165) is 115 Å². The third-order valence-corrected chi connectivity index (χ3v) is 21.1. The fourth-order valence-electron chi connectivity index (χ4n) is 17.7. The van der Waals surface area contributed by atoms with Gasteiger partial charge in [-0.3, -0.25) is 30.0 Å². The molecule has 6 aliphatic heterocycles. The van der Waals surface area contributed by atoms with Crippen molar-refractivity contribution < 1.29 is 19.3 Å². The first-order chi connectivity index (χ1) is 42.1. The molecule has 2 spiro atoms. The van der Waals surface area contributed by atoms with Gasteiger partial charge in [0.2, 0.25) is 0 Å². The van der Waals surface area contributed by atoms with Crippen molar-refractivity contribution in [3.8, 4) is 34.0 Å². The molecule has 0 N–H and O–H groups in total. The number of halogens is 2. The Kier molecular flexibility index (Phi) is 11.4. The van der Waals surface area contributed by atoms with Crippen LogP contribution >= 0.6 is 23.2 Å². The maximum atomic E-state index is 14.1. The summed E-state index contributed by atoms with van der Waals surface area (Å²) in [5.74, 6) is 0.149. The third kappa shape index (κ3) is 6.59. The highest BCUT2D eigenvalue weighted by atomic mass is 35.5. The van der Waals surface area contributed by atoms with Gasteiger partial charge in [0.25, 0.3) is 11.1 Å². The Morgan fingerprint density at radius 1 is 0.442 bits per heavy atom. The summed E-state index contributed by atoms with van der Waals surface area (Å²) in [7, 11) is 0. The first-order valence-corrected chi connectivity index (χ1v) is 30.5. The molecule has 16 heteroatoms. The summed E-state index contributed by atoms with van der Waals surface area (Å²) in [6.45, 7) is 1.43. The number of nitrogens with zero attached hydrogens (tertiary/aromatic N) is 8. The monoisotopic (exact) mass is 1170 g/mol. The molecule has 0 unspecified atom stereocenters. The quantitative estimate of drug-likeness (QED) is 0.121. The Hall–Kier alpha value is -8.66. The third-order valence-electron chi connectivity index (χ3n) is 20.6. The summed E-state index contributed by atoms with van der Waals surface area (Å²) in [6, 6.07) is 62.1. The molecule has 10 atom stereocenters. The Labute approximate surface area is 504 Å². The first-order valence-electron chi connectivity index (χ1n) is 29.7. The molecule has 14 nitrogen and oxygen atoms in total. The van der Waals surface area contributed by atoms with Crippen molar-refractivity contribution in [1.82, 2.24) is 29.7 Å². The molecule has 0 amide bonds. The van der Waals surface area contributed by atoms with Crippen LogP contribution in [0.1, 0.15) is 107 Å². The van der Waals surface area contributed by atoms with E-state index in [0.29, 0.717) is 47.5 Å². The van der Waals surface area contributed by atoms with E-state index in [-0.39, 0.29) is 9.85 Å². The molecule has 86 heavy (non-hydrogen) atoms. The molecule has 8 aromatic carbocycles. The molecule has 0 radical (unpaired) electrons. The number of aromatic nitrogens is 4. The Morgan fingerprint density at radius 3 is 1.21 bits per heavy atom. The number of hydrogen-bond acceptors (Lipinski definition) is 12. The van der Waals surface area contributed by atoms with Crippen LogP contribution in [0.25, 0.3) is 44.6 Å². The number of hydrogen-bond donors (Lipinski definition) is 0. The number of piperidine rings is 2. The van der Waals surface area contributed by atoms with E-state index >= 15 is 0 Å². The second kappa shape index (κ2) is 18.9. The highest BCUT2D eigenvalue weighted by Gasteiger charge is 2.84. The number of para-hydroxylation sites is 6. The van der Waals surface area contributed by atoms with Crippen LogP contribution in [0.5, 0.6) is 11.5 Å². The molecule has 18 rings (SSSR count). The summed E-state index contributed by atoms with van der Waals surface area (Å²) in [5, 5.41) is 29.3. The molecule has 0 saturated carbocycles. The van der Waals surface area contributed by atoms with Gasteiger partial charge < -0.3 is 9.47 Å². The zero-order valence-electron chi connectivity index (χ0n) is 46.4. The Bertz CT molecular complexity index is 4210. The first kappa shape index (κ1) is 51.7. The summed E-state index contributed by atoms with van der Waals surface area (Å²) >= 11 is 12.6. The average molecular weight is 1170 g/mol. The standard InChI is InChI=1S/2C35H27ClN4O3/c2*36-22-18-16-21(17-19-22)33-35(40(41)42)29-15-7-8-20-39(29)34(31(35)24-10-2-6-14-28(24)43-33)25-11-3-1-9-23(25)30-32(34)38-27-13-5-4-12-26(27)37-30/h2*1-6,9-14,16-19,29,31,33H,7-8,15,20H2/t2*29-,31+,33+,34+,35+/m10/s1. The van der Waals surface area contributed by atoms with Gasteiger partial charge in [0.15, 0.2) is 12.2 Å². The van der Waals surface area contributed by atoms with Crippen LogP contribution in [0.4, 0.5) is 0 Å². The van der Waals surface area contributed by atoms with Crippen molar-refractivity contribution in [3.63, 3.8) is 0 Å². The van der Waals surface area contributed by atoms with Gasteiger partial charge in [-0.2, -0.15) is 0 Å². The van der Waals surface area contributed by atoms with E-state index in [1.165, 1.54) is 0 Å². The maximum Gasteiger partial charge on any atom is 0.286 e. The van der Waals surface area contributed by atoms with Crippen LogP contribution in [0, 0.1) is 20.2 Å². The Balaban J connectivity index is 0.000000134. The van der Waals surface area contributed by atoms with Crippen molar-refractivity contribution in [2.45, 2.75) is 96.8 Å². The lowest BCUT2D eigenvalue weighted by Crippen LogP contribution is -2.60. The van der Waals surface area contributed by atoms with E-state index in [1.54, 1.807) is 24.3 Å². The minimum absolute atomic E-state index is 0.0142. The molecule has 4 fully saturated rings. The molecule has 10 aromatic rings. The van der Waals surface area contributed by atoms with Crippen molar-refractivity contribution in [2.24, 2.45) is 0 Å². The van der Waals surface area contributed by atoms with Gasteiger partial charge in [-0.25, -0.2) is 19.9 Å². The maximum absolute atomic E-state index is 14.1. The summed E-state index contributed by atoms with van der Waals surface area (Å²) in [4.78, 5) is 54.1. The zero-order valence-corrected chi connectivity index (χ0v) is 47.9. The van der Waals surface area contributed by atoms with Crippen LogP contribution in [0.2, 0.25) is 10.0 Å². The van der Waals surface area contributed by atoms with Gasteiger partial charge in [0, 0.05) is 42.1 Å². The van der Waals surface area contributed by atoms with Crippen LogP contribution in [0.3, 0.4) is 0 Å². The molecule has 0 bridgehead atoms. The lowest BCUT2D eigenvalue weighted by molar-refractivity contribution is -0.592. The number of ether oxygens (including phenoxy) is 2. The van der Waals surface area contributed by atoms with Gasteiger partial charge in [-0.1, -0.05) is 170 Å². The molecule has 2 aliphatic carbocycles. The number of rotatable bonds is 4. The molecule has 8 aliphatic rings. The fourth-order valence-corrected chi connectivity index (χ4v) is 18.0. The molecule has 4 saturated heterocycles. The van der Waals surface area contributed by atoms with Gasteiger partial charge in [-0.05, 0) is 122 Å². The second-order valence-electron chi connectivity index (χ2n) is 24.2. The highest BCUT2D eigenvalue weighted by molar-refractivity contribution is 6.30. The van der Waals surface area contributed by atoms with Crippen molar-refractivity contribution in [2.75, 3.05) is 13.1 Å². The highest BCUT2D eigenvalue weighted by Crippen LogP contribution is 2.74. The molecular formula is C70H54Cl2N8O6. The topological polar surface area (TPSA) is 163 Å². The fraction of sp³-hybridized carbons (Fsp3) is 0.257. The van der Waals surface area contributed by atoms with Gasteiger partial charge in [-0.15, -0.1) is 0 Å². The lowest BCUT2D eigenvalue weighted by atomic mass is 9.62. The van der Waals surface area contributed by atoms with Crippen molar-refractivity contribution >= 4 is 45.3 Å². The Morgan fingerprint density at radius 2 is 0.802 bits per heavy atom. The minimum Gasteiger partial charge on any atom is -0.478 e. The van der Waals surface area contributed by atoms with E-state index in [2.05, 4.69) is 34.1 Å². The summed E-state index contributed by atoms with van der Waals surface area (Å²) in [5.41, 5.74) is 8.83. The summed E-state index contributed by atoms with van der Waals surface area (Å²) in [6.07, 6.45) is 3.42. The van der Waals surface area contributed by atoms with Crippen LogP contribution in [0.15, 0.2) is 194 Å². The van der Waals surface area contributed by atoms with Gasteiger partial charge in [0.1, 0.15) is 22.6 Å². The van der Waals surface area contributed by atoms with E-state index in [4.69, 9.17) is 52.6 Å². The van der Waals surface area contributed by atoms with Crippen LogP contribution in [-0.2, 0) is 11.1 Å². The largest absolute Gasteiger partial charge is 0.478 e. The lowest BCUT2D eigenvalue weighted by Gasteiger charge is -2.44. The predicted octanol–water partition coefficient (Wildman–Crippen LogP) is 14.6. The number of benzene rings is 8. The molecule has 8 heterocycles. The normalized spacial score (nSPS) is 28.4. The van der Waals surface area contributed by atoms with Crippen molar-refractivity contribution in [3.05, 3.63) is 269 Å². The SMILES string of the molecule is O=[N+]([O-])[C@@]12[C@@H](c3ccc(Cl)cc3)Oc3ccccc3[C@@H]1[C@@]1(c3ccccc3-c3nc4ccccc4nc31)N1CCCC[C@H]12.O=[N+]([O-])[C@]12[C@H](c3ccc(Cl)cc3)Oc3ccccc3[C@H]1[C@]1(c3ccccc3-c3nc4ccccc4nc31)N1CCCC[C@@H]12. The second-order valence-corrected chi connectivity index (χ2v) is 25.1. The molecular weight excluding hydrogens is 1120 g/mol. The smallest absolute Gasteiger partial charge is 0.286 e. The zero-order chi connectivity index (χ0) is 57.8. The van der Waals surface area contributed by atoms with E-state index < -0.39 is 58.3 Å². The minimum atomic E-state index is -1.51.